The minimum atomic E-state index is -0.102. The Balaban J connectivity index is 0.00000106. The van der Waals surface area contributed by atoms with E-state index < -0.39 is 0 Å². The van der Waals surface area contributed by atoms with E-state index in [0.29, 0.717) is 22.8 Å². The Labute approximate surface area is 139 Å². The number of rotatable bonds is 4. The summed E-state index contributed by atoms with van der Waals surface area (Å²) in [4.78, 5) is 12.3. The molecule has 0 heterocycles. The summed E-state index contributed by atoms with van der Waals surface area (Å²) in [5, 5.41) is 0.446. The quantitative estimate of drug-likeness (QED) is 0.641. The van der Waals surface area contributed by atoms with Crippen LogP contribution in [0.4, 0.5) is 0 Å². The van der Waals surface area contributed by atoms with Crippen LogP contribution in [0.1, 0.15) is 36.7 Å². The van der Waals surface area contributed by atoms with Crippen LogP contribution in [-0.2, 0) is 0 Å². The molecule has 0 bridgehead atoms. The molecule has 2 nitrogen and oxygen atoms in total. The third kappa shape index (κ3) is 4.87. The lowest BCUT2D eigenvalue weighted by Gasteiger charge is -2.06. The van der Waals surface area contributed by atoms with Gasteiger partial charge in [0.25, 0.3) is 0 Å². The van der Waals surface area contributed by atoms with Crippen molar-refractivity contribution in [3.8, 4) is 5.75 Å². The van der Waals surface area contributed by atoms with Gasteiger partial charge in [0.15, 0.2) is 5.78 Å². The molecule has 2 aromatic carbocycles. The van der Waals surface area contributed by atoms with Crippen LogP contribution < -0.4 is 4.74 Å². The van der Waals surface area contributed by atoms with Crippen LogP contribution in [0.2, 0.25) is 5.02 Å². The number of carbonyl (C=O) groups excluding carboxylic acids is 1. The van der Waals surface area contributed by atoms with Crippen molar-refractivity contribution in [1.29, 1.82) is 0 Å². The minimum Gasteiger partial charge on any atom is -0.494 e. The van der Waals surface area contributed by atoms with E-state index in [1.54, 1.807) is 42.5 Å². The topological polar surface area (TPSA) is 26.3 Å². The highest BCUT2D eigenvalue weighted by atomic mass is 79.9. The van der Waals surface area contributed by atoms with Crippen molar-refractivity contribution in [2.45, 2.75) is 20.8 Å². The maximum absolute atomic E-state index is 12.3. The molecule has 4 heteroatoms. The third-order valence-electron chi connectivity index (χ3n) is 2.60. The average molecular weight is 370 g/mol. The van der Waals surface area contributed by atoms with Gasteiger partial charge in [-0.05, 0) is 49.4 Å². The summed E-state index contributed by atoms with van der Waals surface area (Å²) in [5.74, 6) is 0.647. The fourth-order valence-electron chi connectivity index (χ4n) is 1.70. The minimum absolute atomic E-state index is 0.102. The summed E-state index contributed by atoms with van der Waals surface area (Å²) < 4.78 is 6.17. The van der Waals surface area contributed by atoms with Crippen LogP contribution in [0.3, 0.4) is 0 Å². The highest BCUT2D eigenvalue weighted by Gasteiger charge is 2.13. The van der Waals surface area contributed by atoms with Gasteiger partial charge in [0, 0.05) is 15.6 Å². The lowest BCUT2D eigenvalue weighted by Crippen LogP contribution is -2.02. The molecule has 0 N–H and O–H groups in total. The maximum atomic E-state index is 12.3. The predicted octanol–water partition coefficient (Wildman–Crippen LogP) is 5.76. The molecule has 0 radical (unpaired) electrons. The summed E-state index contributed by atoms with van der Waals surface area (Å²) in [7, 11) is 0. The molecule has 112 valence electrons. The molecule has 0 aliphatic rings. The van der Waals surface area contributed by atoms with Gasteiger partial charge in [-0.3, -0.25) is 4.79 Å². The molecule has 0 saturated heterocycles. The van der Waals surface area contributed by atoms with Crippen molar-refractivity contribution in [3.05, 3.63) is 63.1 Å². The second-order valence-corrected chi connectivity index (χ2v) is 5.23. The molecule has 0 spiro atoms. The van der Waals surface area contributed by atoms with E-state index in [9.17, 15) is 4.79 Å². The van der Waals surface area contributed by atoms with E-state index in [4.69, 9.17) is 16.3 Å². The molecule has 0 atom stereocenters. The molecular formula is C17H18BrClO2. The van der Waals surface area contributed by atoms with Crippen LogP contribution in [0.25, 0.3) is 0 Å². The van der Waals surface area contributed by atoms with Crippen molar-refractivity contribution in [2.24, 2.45) is 0 Å². The van der Waals surface area contributed by atoms with Crippen LogP contribution in [0.15, 0.2) is 46.9 Å². The third-order valence-corrected chi connectivity index (χ3v) is 3.42. The van der Waals surface area contributed by atoms with Gasteiger partial charge >= 0.3 is 0 Å². The first-order chi connectivity index (χ1) is 10.1. The fourth-order valence-corrected chi connectivity index (χ4v) is 2.26. The summed E-state index contributed by atoms with van der Waals surface area (Å²) in [6.45, 7) is 6.52. The van der Waals surface area contributed by atoms with Gasteiger partial charge in [-0.25, -0.2) is 0 Å². The van der Waals surface area contributed by atoms with Crippen LogP contribution in [-0.4, -0.2) is 12.4 Å². The first-order valence-corrected chi connectivity index (χ1v) is 8.01. The summed E-state index contributed by atoms with van der Waals surface area (Å²) in [6, 6.07) is 12.3. The SMILES string of the molecule is CC.CCOc1ccc(C(=O)c2cc(Br)ccc2Cl)cc1. The van der Waals surface area contributed by atoms with Crippen LogP contribution in [0, 0.1) is 0 Å². The van der Waals surface area contributed by atoms with Gasteiger partial charge in [0.05, 0.1) is 11.6 Å². The van der Waals surface area contributed by atoms with Crippen molar-refractivity contribution in [2.75, 3.05) is 6.61 Å². The van der Waals surface area contributed by atoms with Gasteiger partial charge < -0.3 is 4.74 Å². The Bertz CT molecular complexity index is 594. The zero-order valence-electron chi connectivity index (χ0n) is 12.3. The molecule has 0 fully saturated rings. The maximum Gasteiger partial charge on any atom is 0.194 e. The highest BCUT2D eigenvalue weighted by Crippen LogP contribution is 2.24. The van der Waals surface area contributed by atoms with E-state index in [0.717, 1.165) is 10.2 Å². The average Bonchev–Trinajstić information content (AvgIpc) is 2.52. The molecule has 0 aliphatic heterocycles. The summed E-state index contributed by atoms with van der Waals surface area (Å²) in [6.07, 6.45) is 0. The molecule has 21 heavy (non-hydrogen) atoms. The van der Waals surface area contributed by atoms with E-state index in [2.05, 4.69) is 15.9 Å². The Morgan fingerprint density at radius 2 is 1.76 bits per heavy atom. The van der Waals surface area contributed by atoms with E-state index in [1.807, 2.05) is 20.8 Å². The van der Waals surface area contributed by atoms with E-state index in [-0.39, 0.29) is 5.78 Å². The standard InChI is InChI=1S/C15H12BrClO2.C2H6/c1-2-19-12-6-3-10(4-7-12)15(18)13-9-11(16)5-8-14(13)17;1-2/h3-9H,2H2,1H3;1-2H3. The van der Waals surface area contributed by atoms with Crippen LogP contribution >= 0.6 is 27.5 Å². The number of halogens is 2. The van der Waals surface area contributed by atoms with Gasteiger partial charge in [0.2, 0.25) is 0 Å². The Hall–Kier alpha value is -1.32. The van der Waals surface area contributed by atoms with Gasteiger partial charge in [-0.15, -0.1) is 0 Å². The lowest BCUT2D eigenvalue weighted by molar-refractivity contribution is 0.103. The number of ether oxygens (including phenoxy) is 1. The molecule has 2 aromatic rings. The van der Waals surface area contributed by atoms with E-state index >= 15 is 0 Å². The molecule has 0 saturated carbocycles. The number of carbonyl (C=O) groups is 1. The van der Waals surface area contributed by atoms with Crippen molar-refractivity contribution < 1.29 is 9.53 Å². The lowest BCUT2D eigenvalue weighted by atomic mass is 10.0. The van der Waals surface area contributed by atoms with Crippen molar-refractivity contribution in [3.63, 3.8) is 0 Å². The monoisotopic (exact) mass is 368 g/mol. The second kappa shape index (κ2) is 8.85. The number of hydrogen-bond acceptors (Lipinski definition) is 2. The molecule has 0 aromatic heterocycles. The Morgan fingerprint density at radius 1 is 1.14 bits per heavy atom. The first kappa shape index (κ1) is 17.7. The molecule has 2 rings (SSSR count). The van der Waals surface area contributed by atoms with Crippen molar-refractivity contribution in [1.82, 2.24) is 0 Å². The van der Waals surface area contributed by atoms with Gasteiger partial charge in [0.1, 0.15) is 5.75 Å². The van der Waals surface area contributed by atoms with Crippen molar-refractivity contribution >= 4 is 33.3 Å². The number of benzene rings is 2. The normalized spacial score (nSPS) is 9.57. The summed E-state index contributed by atoms with van der Waals surface area (Å²) in [5.41, 5.74) is 1.07. The Kier molecular flexibility index (Phi) is 7.48. The smallest absolute Gasteiger partial charge is 0.194 e. The first-order valence-electron chi connectivity index (χ1n) is 6.84. The molecule has 0 amide bonds. The fraction of sp³-hybridized carbons (Fsp3) is 0.235. The largest absolute Gasteiger partial charge is 0.494 e. The molecular weight excluding hydrogens is 352 g/mol. The number of ketones is 1. The summed E-state index contributed by atoms with van der Waals surface area (Å²) >= 11 is 9.39. The molecule has 0 aliphatic carbocycles. The zero-order valence-corrected chi connectivity index (χ0v) is 14.7. The van der Waals surface area contributed by atoms with E-state index in [1.165, 1.54) is 0 Å². The van der Waals surface area contributed by atoms with Gasteiger partial charge in [-0.1, -0.05) is 41.4 Å². The zero-order chi connectivity index (χ0) is 15.8. The highest BCUT2D eigenvalue weighted by molar-refractivity contribution is 9.10. The Morgan fingerprint density at radius 3 is 2.33 bits per heavy atom. The van der Waals surface area contributed by atoms with Gasteiger partial charge in [-0.2, -0.15) is 0 Å². The number of hydrogen-bond donors (Lipinski definition) is 0. The predicted molar refractivity (Wildman–Crippen MR) is 91.5 cm³/mol. The molecule has 0 unspecified atom stereocenters. The second-order valence-electron chi connectivity index (χ2n) is 3.91. The van der Waals surface area contributed by atoms with Crippen LogP contribution in [0.5, 0.6) is 5.75 Å².